The van der Waals surface area contributed by atoms with Gasteiger partial charge in [0.1, 0.15) is 5.56 Å². The van der Waals surface area contributed by atoms with Crippen LogP contribution in [0.15, 0.2) is 11.0 Å². The average molecular weight is 426 g/mol. The van der Waals surface area contributed by atoms with Gasteiger partial charge in [-0.2, -0.15) is 0 Å². The van der Waals surface area contributed by atoms with Crippen LogP contribution < -0.4 is 16.1 Å². The van der Waals surface area contributed by atoms with Crippen molar-refractivity contribution < 1.29 is 24.5 Å². The summed E-state index contributed by atoms with van der Waals surface area (Å²) < 4.78 is 16.9. The molecule has 2 aromatic rings. The van der Waals surface area contributed by atoms with Gasteiger partial charge in [-0.25, -0.2) is 9.18 Å². The van der Waals surface area contributed by atoms with Gasteiger partial charge in [-0.3, -0.25) is 4.79 Å². The molecule has 156 valence electrons. The van der Waals surface area contributed by atoms with Crippen LogP contribution in [0, 0.1) is 17.7 Å². The number of rotatable bonds is 5. The van der Waals surface area contributed by atoms with E-state index in [1.165, 1.54) is 6.20 Å². The minimum atomic E-state index is -1.41. The lowest BCUT2D eigenvalue weighted by Gasteiger charge is -2.24. The normalized spacial score (nSPS) is 21.9. The topological polar surface area (TPSA) is 129 Å². The zero-order chi connectivity index (χ0) is 21.0. The van der Waals surface area contributed by atoms with Gasteiger partial charge in [-0.1, -0.05) is 11.6 Å². The lowest BCUT2D eigenvalue weighted by Crippen LogP contribution is -2.25. The molecule has 2 heterocycles. The predicted molar refractivity (Wildman–Crippen MR) is 106 cm³/mol. The number of nitrogens with zero attached hydrogens (tertiary/aromatic N) is 2. The van der Waals surface area contributed by atoms with Crippen molar-refractivity contribution in [1.29, 1.82) is 0 Å². The minimum Gasteiger partial charge on any atom is -0.477 e. The molecule has 1 aromatic carbocycles. The Labute approximate surface area is 169 Å². The van der Waals surface area contributed by atoms with E-state index in [2.05, 4.69) is 0 Å². The molecule has 0 amide bonds. The highest BCUT2D eigenvalue weighted by Gasteiger charge is 2.37. The van der Waals surface area contributed by atoms with Crippen molar-refractivity contribution in [2.75, 3.05) is 36.9 Å². The summed E-state index contributed by atoms with van der Waals surface area (Å²) in [5.41, 5.74) is 4.39. The number of hydrogen-bond donors (Lipinski definition) is 4. The summed E-state index contributed by atoms with van der Waals surface area (Å²) >= 11 is 6.59. The third kappa shape index (κ3) is 3.04. The molecule has 2 aliphatic rings. The standard InChI is InChI=1S/C19H21ClFN3O5/c20-13-16-12(18(27)11(19(28)29)5-24(16)10-1-2-10)15(22)14(21)17(13)23-3-8(6-25)9(4-23)7-26/h5,8-10,25-26H,1-4,6-7,22H2,(H,28,29)/t8-,9+. The van der Waals surface area contributed by atoms with E-state index in [-0.39, 0.29) is 65.8 Å². The third-order valence-electron chi connectivity index (χ3n) is 5.90. The first kappa shape index (κ1) is 19.9. The molecule has 2 fully saturated rings. The number of halogens is 2. The van der Waals surface area contributed by atoms with E-state index in [0.29, 0.717) is 0 Å². The maximum Gasteiger partial charge on any atom is 0.341 e. The maximum atomic E-state index is 15.3. The first-order valence-corrected chi connectivity index (χ1v) is 9.73. The van der Waals surface area contributed by atoms with Crippen molar-refractivity contribution in [1.82, 2.24) is 4.57 Å². The summed E-state index contributed by atoms with van der Waals surface area (Å²) in [4.78, 5) is 25.9. The van der Waals surface area contributed by atoms with Crippen molar-refractivity contribution in [3.8, 4) is 0 Å². The van der Waals surface area contributed by atoms with Gasteiger partial charge in [0.25, 0.3) is 0 Å². The zero-order valence-electron chi connectivity index (χ0n) is 15.4. The molecule has 1 aromatic heterocycles. The summed E-state index contributed by atoms with van der Waals surface area (Å²) in [5.74, 6) is -2.83. The number of aliphatic hydroxyl groups is 2. The van der Waals surface area contributed by atoms with Gasteiger partial charge in [0.2, 0.25) is 5.43 Å². The fourth-order valence-electron chi connectivity index (χ4n) is 4.16. The van der Waals surface area contributed by atoms with Gasteiger partial charge in [0.05, 0.1) is 27.3 Å². The smallest absolute Gasteiger partial charge is 0.341 e. The molecular weight excluding hydrogens is 405 g/mol. The van der Waals surface area contributed by atoms with Crippen molar-refractivity contribution in [3.05, 3.63) is 32.8 Å². The van der Waals surface area contributed by atoms with E-state index in [1.54, 1.807) is 9.47 Å². The molecule has 8 nitrogen and oxygen atoms in total. The monoisotopic (exact) mass is 425 g/mol. The van der Waals surface area contributed by atoms with E-state index in [0.717, 1.165) is 12.8 Å². The molecule has 29 heavy (non-hydrogen) atoms. The summed E-state index contributed by atoms with van der Waals surface area (Å²) in [6.07, 6.45) is 2.81. The maximum absolute atomic E-state index is 15.3. The highest BCUT2D eigenvalue weighted by atomic mass is 35.5. The number of carboxylic acids is 1. The Morgan fingerprint density at radius 2 is 1.83 bits per heavy atom. The summed E-state index contributed by atoms with van der Waals surface area (Å²) in [5, 5.41) is 28.2. The van der Waals surface area contributed by atoms with E-state index in [9.17, 15) is 24.9 Å². The van der Waals surface area contributed by atoms with E-state index < -0.39 is 28.5 Å². The van der Waals surface area contributed by atoms with E-state index in [4.69, 9.17) is 17.3 Å². The minimum absolute atomic E-state index is 0.00272. The Morgan fingerprint density at radius 3 is 2.31 bits per heavy atom. The van der Waals surface area contributed by atoms with Gasteiger partial charge < -0.3 is 30.5 Å². The van der Waals surface area contributed by atoms with Crippen LogP contribution in [0.25, 0.3) is 10.9 Å². The Hall–Kier alpha value is -2.36. The molecule has 4 rings (SSSR count). The van der Waals surface area contributed by atoms with Gasteiger partial charge in [0, 0.05) is 50.4 Å². The molecule has 0 bridgehead atoms. The number of hydrogen-bond acceptors (Lipinski definition) is 6. The number of aliphatic hydroxyl groups excluding tert-OH is 2. The molecule has 1 aliphatic carbocycles. The molecule has 2 atom stereocenters. The Kier molecular flexibility index (Phi) is 4.92. The number of nitrogen functional groups attached to an aromatic ring is 1. The molecule has 0 spiro atoms. The van der Waals surface area contributed by atoms with Gasteiger partial charge in [0.15, 0.2) is 5.82 Å². The molecule has 1 saturated heterocycles. The van der Waals surface area contributed by atoms with Crippen LogP contribution in [0.2, 0.25) is 5.02 Å². The van der Waals surface area contributed by atoms with Crippen molar-refractivity contribution in [3.63, 3.8) is 0 Å². The highest BCUT2D eigenvalue weighted by molar-refractivity contribution is 6.38. The number of aromatic nitrogens is 1. The molecule has 0 unspecified atom stereocenters. The molecular formula is C19H21ClFN3O5. The number of carboxylic acid groups (broad SMARTS) is 1. The number of pyridine rings is 1. The lowest BCUT2D eigenvalue weighted by atomic mass is 9.98. The quantitative estimate of drug-likeness (QED) is 0.533. The van der Waals surface area contributed by atoms with Crippen LogP contribution in [0.3, 0.4) is 0 Å². The van der Waals surface area contributed by atoms with Crippen LogP contribution in [0.1, 0.15) is 29.2 Å². The Balaban J connectivity index is 2.00. The summed E-state index contributed by atoms with van der Waals surface area (Å²) in [7, 11) is 0. The van der Waals surface area contributed by atoms with E-state index in [1.807, 2.05) is 0 Å². The fraction of sp³-hybridized carbons (Fsp3) is 0.474. The van der Waals surface area contributed by atoms with Crippen LogP contribution in [0.5, 0.6) is 0 Å². The number of carbonyl (C=O) groups is 1. The second-order valence-corrected chi connectivity index (χ2v) is 8.10. The largest absolute Gasteiger partial charge is 0.477 e. The predicted octanol–water partition coefficient (Wildman–Crippen LogP) is 1.45. The zero-order valence-corrected chi connectivity index (χ0v) is 16.2. The number of fused-ring (bicyclic) bond motifs is 1. The van der Waals surface area contributed by atoms with Crippen LogP contribution in [0.4, 0.5) is 15.8 Å². The Bertz CT molecular complexity index is 1060. The van der Waals surface area contributed by atoms with Gasteiger partial charge in [-0.05, 0) is 12.8 Å². The molecule has 5 N–H and O–H groups in total. The Morgan fingerprint density at radius 1 is 1.24 bits per heavy atom. The van der Waals surface area contributed by atoms with Crippen LogP contribution in [-0.2, 0) is 0 Å². The van der Waals surface area contributed by atoms with Crippen molar-refractivity contribution >= 4 is 39.8 Å². The third-order valence-corrected chi connectivity index (χ3v) is 6.25. The molecule has 10 heteroatoms. The van der Waals surface area contributed by atoms with Crippen LogP contribution in [-0.4, -0.2) is 52.2 Å². The van der Waals surface area contributed by atoms with Gasteiger partial charge >= 0.3 is 5.97 Å². The average Bonchev–Trinajstić information content (AvgIpc) is 3.45. The van der Waals surface area contributed by atoms with E-state index >= 15 is 4.39 Å². The SMILES string of the molecule is Nc1c(F)c(N2C[C@@H](CO)[C@@H](CO)C2)c(Cl)c2c1c(=O)c(C(=O)O)cn2C1CC1. The molecule has 1 saturated carbocycles. The fourth-order valence-corrected chi connectivity index (χ4v) is 4.55. The van der Waals surface area contributed by atoms with Crippen molar-refractivity contribution in [2.24, 2.45) is 11.8 Å². The second-order valence-electron chi connectivity index (χ2n) is 7.72. The molecule has 1 aliphatic heterocycles. The number of nitrogens with two attached hydrogens (primary N) is 1. The highest BCUT2D eigenvalue weighted by Crippen LogP contribution is 2.45. The lowest BCUT2D eigenvalue weighted by molar-refractivity contribution is 0.0695. The molecule has 0 radical (unpaired) electrons. The second kappa shape index (κ2) is 7.16. The summed E-state index contributed by atoms with van der Waals surface area (Å²) in [6.45, 7) is 0.200. The van der Waals surface area contributed by atoms with Gasteiger partial charge in [-0.15, -0.1) is 0 Å². The summed E-state index contributed by atoms with van der Waals surface area (Å²) in [6, 6.07) is -0.0413. The number of benzene rings is 1. The first-order valence-electron chi connectivity index (χ1n) is 9.35. The number of aromatic carboxylic acids is 1. The van der Waals surface area contributed by atoms with Crippen LogP contribution >= 0.6 is 11.6 Å². The number of anilines is 2. The van der Waals surface area contributed by atoms with Crippen molar-refractivity contribution in [2.45, 2.75) is 18.9 Å². The first-order chi connectivity index (χ1) is 13.8.